The Morgan fingerprint density at radius 1 is 1.06 bits per heavy atom. The van der Waals surface area contributed by atoms with Crippen molar-refractivity contribution in [2.45, 2.75) is 18.7 Å². The van der Waals surface area contributed by atoms with E-state index in [1.807, 2.05) is 13.0 Å². The molecule has 0 aliphatic carbocycles. The topological polar surface area (TPSA) is 113 Å². The Bertz CT molecular complexity index is 1440. The van der Waals surface area contributed by atoms with Crippen molar-refractivity contribution in [3.8, 4) is 11.8 Å². The van der Waals surface area contributed by atoms with E-state index in [-0.39, 0.29) is 22.0 Å². The number of ketones is 1. The molecule has 9 heteroatoms. The molecule has 172 valence electrons. The summed E-state index contributed by atoms with van der Waals surface area (Å²) in [6, 6.07) is 19.0. The molecule has 3 rings (SSSR count). The Hall–Kier alpha value is -3.74. The second-order valence-corrected chi connectivity index (χ2v) is 9.67. The second-order valence-electron chi connectivity index (χ2n) is 7.27. The van der Waals surface area contributed by atoms with Crippen LogP contribution in [0.2, 0.25) is 0 Å². The van der Waals surface area contributed by atoms with Gasteiger partial charge in [0, 0.05) is 5.56 Å². The molecule has 1 amide bonds. The van der Waals surface area contributed by atoms with Crippen LogP contribution in [0.4, 0.5) is 5.69 Å². The predicted octanol–water partition coefficient (Wildman–Crippen LogP) is 5.27. The molecule has 1 N–H and O–H groups in total. The molecule has 0 bridgehead atoms. The highest BCUT2D eigenvalue weighted by Gasteiger charge is 2.19. The third kappa shape index (κ3) is 5.98. The first kappa shape index (κ1) is 24.9. The number of hydrogen-bond donors (Lipinski definition) is 1. The molecule has 0 radical (unpaired) electrons. The molecule has 7 nitrogen and oxygen atoms in total. The zero-order valence-corrected chi connectivity index (χ0v) is 20.6. The normalized spacial score (nSPS) is 11.4. The van der Waals surface area contributed by atoms with Crippen molar-refractivity contribution in [3.05, 3.63) is 93.5 Å². The van der Waals surface area contributed by atoms with Gasteiger partial charge in [-0.1, -0.05) is 35.9 Å². The summed E-state index contributed by atoms with van der Waals surface area (Å²) in [6.07, 6.45) is 1.34. The molecule has 3 aromatic rings. The number of aryl methyl sites for hydroxylation is 1. The number of benzene rings is 3. The van der Waals surface area contributed by atoms with Gasteiger partial charge in [-0.05, 0) is 77.8 Å². The van der Waals surface area contributed by atoms with Crippen LogP contribution in [-0.2, 0) is 14.9 Å². The summed E-state index contributed by atoms with van der Waals surface area (Å²) in [5.74, 6) is -0.857. The van der Waals surface area contributed by atoms with Gasteiger partial charge in [-0.15, -0.1) is 0 Å². The zero-order chi connectivity index (χ0) is 24.9. The summed E-state index contributed by atoms with van der Waals surface area (Å²) in [5.41, 5.74) is 1.79. The molecule has 0 spiro atoms. The number of amides is 1. The predicted molar refractivity (Wildman–Crippen MR) is 132 cm³/mol. The van der Waals surface area contributed by atoms with Crippen molar-refractivity contribution >= 4 is 49.5 Å². The molecule has 0 saturated carbocycles. The van der Waals surface area contributed by atoms with Crippen LogP contribution in [0, 0.1) is 18.3 Å². The molecule has 0 aliphatic heterocycles. The number of nitrogens with zero attached hydrogens (tertiary/aromatic N) is 1. The first-order valence-electron chi connectivity index (χ1n) is 9.94. The first-order chi connectivity index (χ1) is 16.1. The fourth-order valence-corrected chi connectivity index (χ4v) is 4.48. The van der Waals surface area contributed by atoms with Gasteiger partial charge in [0.1, 0.15) is 16.5 Å². The maximum Gasteiger partial charge on any atom is 0.339 e. The van der Waals surface area contributed by atoms with E-state index < -0.39 is 16.0 Å². The van der Waals surface area contributed by atoms with Crippen LogP contribution in [0.1, 0.15) is 28.4 Å². The van der Waals surface area contributed by atoms with Gasteiger partial charge in [-0.2, -0.15) is 13.7 Å². The van der Waals surface area contributed by atoms with Crippen molar-refractivity contribution in [1.29, 1.82) is 5.26 Å². The van der Waals surface area contributed by atoms with Gasteiger partial charge in [0.15, 0.2) is 11.5 Å². The largest absolute Gasteiger partial charge is 0.378 e. The molecule has 34 heavy (non-hydrogen) atoms. The Morgan fingerprint density at radius 2 is 1.74 bits per heavy atom. The quantitative estimate of drug-likeness (QED) is 0.189. The van der Waals surface area contributed by atoms with Gasteiger partial charge in [0.05, 0.1) is 10.2 Å². The Morgan fingerprint density at radius 3 is 2.35 bits per heavy atom. The summed E-state index contributed by atoms with van der Waals surface area (Å²) in [7, 11) is -4.04. The summed E-state index contributed by atoms with van der Waals surface area (Å²) >= 11 is 3.27. The van der Waals surface area contributed by atoms with E-state index in [1.54, 1.807) is 36.4 Å². The van der Waals surface area contributed by atoms with Crippen LogP contribution in [-0.4, -0.2) is 20.1 Å². The minimum absolute atomic E-state index is 0.0169. The fraction of sp³-hybridized carbons (Fsp3) is 0.0800. The number of rotatable bonds is 7. The highest BCUT2D eigenvalue weighted by molar-refractivity contribution is 9.10. The number of halogens is 1. The molecular weight excluding hydrogens is 520 g/mol. The second kappa shape index (κ2) is 10.5. The number of Topliss-reactive ketones (excluding diaryl/α,β-unsaturated/α-hetero) is 1. The number of nitrogens with one attached hydrogen (secondary N) is 1. The lowest BCUT2D eigenvalue weighted by Crippen LogP contribution is -2.15. The number of hydrogen-bond acceptors (Lipinski definition) is 6. The fourth-order valence-electron chi connectivity index (χ4n) is 2.95. The van der Waals surface area contributed by atoms with Gasteiger partial charge >= 0.3 is 10.1 Å². The zero-order valence-electron chi connectivity index (χ0n) is 18.2. The highest BCUT2D eigenvalue weighted by Crippen LogP contribution is 2.30. The first-order valence-corrected chi connectivity index (χ1v) is 12.1. The van der Waals surface area contributed by atoms with Crippen LogP contribution >= 0.6 is 15.9 Å². The van der Waals surface area contributed by atoms with E-state index in [0.29, 0.717) is 21.3 Å². The minimum atomic E-state index is -4.04. The Balaban J connectivity index is 1.82. The number of carbonyl (C=O) groups is 2. The van der Waals surface area contributed by atoms with E-state index in [1.165, 1.54) is 43.3 Å². The smallest absolute Gasteiger partial charge is 0.339 e. The standard InChI is InChI=1S/C25H19BrN2O5S/c1-16-7-10-20(11-8-16)34(31,32)33-24-12-9-18(14-22(24)26)13-19(15-27)25(30)28-23-6-4-3-5-21(23)17(2)29/h3-14H,1-2H3,(H,28,30)/b19-13-. The average Bonchev–Trinajstić information content (AvgIpc) is 2.79. The number of carbonyl (C=O) groups excluding carboxylic acids is 2. The Labute approximate surface area is 205 Å². The van der Waals surface area contributed by atoms with Crippen molar-refractivity contribution in [2.24, 2.45) is 0 Å². The highest BCUT2D eigenvalue weighted by atomic mass is 79.9. The molecule has 0 unspecified atom stereocenters. The van der Waals surface area contributed by atoms with E-state index in [2.05, 4.69) is 21.2 Å². The van der Waals surface area contributed by atoms with Gasteiger partial charge in [-0.3, -0.25) is 9.59 Å². The van der Waals surface area contributed by atoms with Crippen LogP contribution in [0.5, 0.6) is 5.75 Å². The third-order valence-electron chi connectivity index (χ3n) is 4.70. The average molecular weight is 539 g/mol. The lowest BCUT2D eigenvalue weighted by molar-refractivity contribution is -0.112. The van der Waals surface area contributed by atoms with Crippen molar-refractivity contribution in [2.75, 3.05) is 5.32 Å². The van der Waals surface area contributed by atoms with Crippen molar-refractivity contribution in [1.82, 2.24) is 0 Å². The summed E-state index contributed by atoms with van der Waals surface area (Å²) in [6.45, 7) is 3.23. The summed E-state index contributed by atoms with van der Waals surface area (Å²) in [5, 5.41) is 12.1. The molecule has 0 fully saturated rings. The van der Waals surface area contributed by atoms with Crippen molar-refractivity contribution < 1.29 is 22.2 Å². The maximum absolute atomic E-state index is 12.6. The molecule has 3 aromatic carbocycles. The maximum atomic E-state index is 12.6. The van der Waals surface area contributed by atoms with E-state index in [0.717, 1.165) is 5.56 Å². The number of para-hydroxylation sites is 1. The SMILES string of the molecule is CC(=O)c1ccccc1NC(=O)/C(C#N)=C\c1ccc(OS(=O)(=O)c2ccc(C)cc2)c(Br)c1. The summed E-state index contributed by atoms with van der Waals surface area (Å²) in [4.78, 5) is 24.4. The van der Waals surface area contributed by atoms with E-state index in [9.17, 15) is 23.3 Å². The minimum Gasteiger partial charge on any atom is -0.378 e. The van der Waals surface area contributed by atoms with Gasteiger partial charge in [0.25, 0.3) is 5.91 Å². The van der Waals surface area contributed by atoms with Crippen LogP contribution in [0.25, 0.3) is 6.08 Å². The third-order valence-corrected chi connectivity index (χ3v) is 6.56. The van der Waals surface area contributed by atoms with Gasteiger partial charge in [0.2, 0.25) is 0 Å². The molecule has 0 heterocycles. The molecule has 0 atom stereocenters. The molecule has 0 aliphatic rings. The van der Waals surface area contributed by atoms with Crippen LogP contribution < -0.4 is 9.50 Å². The molecule has 0 saturated heterocycles. The van der Waals surface area contributed by atoms with Crippen LogP contribution in [0.3, 0.4) is 0 Å². The van der Waals surface area contributed by atoms with E-state index in [4.69, 9.17) is 4.18 Å². The number of anilines is 1. The number of nitriles is 1. The van der Waals surface area contributed by atoms with Crippen molar-refractivity contribution in [3.63, 3.8) is 0 Å². The Kier molecular flexibility index (Phi) is 7.66. The van der Waals surface area contributed by atoms with Gasteiger partial charge < -0.3 is 9.50 Å². The lowest BCUT2D eigenvalue weighted by atomic mass is 10.1. The summed E-state index contributed by atoms with van der Waals surface area (Å²) < 4.78 is 30.6. The monoisotopic (exact) mass is 538 g/mol. The molecular formula is C25H19BrN2O5S. The van der Waals surface area contributed by atoms with Crippen LogP contribution in [0.15, 0.2) is 81.7 Å². The van der Waals surface area contributed by atoms with E-state index >= 15 is 0 Å². The van der Waals surface area contributed by atoms with Gasteiger partial charge in [-0.25, -0.2) is 0 Å². The lowest BCUT2D eigenvalue weighted by Gasteiger charge is -2.10. The molecule has 0 aromatic heterocycles.